The number of rotatable bonds is 1. The monoisotopic (exact) mass is 163 g/mol. The van der Waals surface area contributed by atoms with Crippen LogP contribution in [0.2, 0.25) is 0 Å². The Morgan fingerprint density at radius 3 is 2.92 bits per heavy atom. The Balaban J connectivity index is 3.28. The van der Waals surface area contributed by atoms with E-state index < -0.39 is 4.92 Å². The van der Waals surface area contributed by atoms with E-state index in [4.69, 9.17) is 5.26 Å². The van der Waals surface area contributed by atoms with Gasteiger partial charge in [0, 0.05) is 12.3 Å². The Bertz CT molecular complexity index is 367. The average molecular weight is 163 g/mol. The zero-order chi connectivity index (χ0) is 9.14. The fraction of sp³-hybridized carbons (Fsp3) is 0.143. The SMILES string of the molecule is Cc1ncc(C#N)cc1[N+](=O)[O-]. The van der Waals surface area contributed by atoms with Crippen LogP contribution in [0.1, 0.15) is 11.3 Å². The van der Waals surface area contributed by atoms with Gasteiger partial charge >= 0.3 is 0 Å². The maximum atomic E-state index is 10.3. The number of nitro groups is 1. The first-order chi connectivity index (χ1) is 5.65. The van der Waals surface area contributed by atoms with Crippen LogP contribution in [0.15, 0.2) is 12.3 Å². The van der Waals surface area contributed by atoms with Crippen molar-refractivity contribution in [1.82, 2.24) is 4.98 Å². The zero-order valence-corrected chi connectivity index (χ0v) is 6.31. The van der Waals surface area contributed by atoms with Crippen LogP contribution in [0.25, 0.3) is 0 Å². The molecule has 5 heteroatoms. The van der Waals surface area contributed by atoms with Gasteiger partial charge in [0.2, 0.25) is 0 Å². The lowest BCUT2D eigenvalue weighted by molar-refractivity contribution is -0.385. The first-order valence-corrected chi connectivity index (χ1v) is 3.16. The molecule has 12 heavy (non-hydrogen) atoms. The van der Waals surface area contributed by atoms with E-state index in [9.17, 15) is 10.1 Å². The van der Waals surface area contributed by atoms with E-state index >= 15 is 0 Å². The molecule has 0 radical (unpaired) electrons. The zero-order valence-electron chi connectivity index (χ0n) is 6.31. The number of hydrogen-bond acceptors (Lipinski definition) is 4. The summed E-state index contributed by atoms with van der Waals surface area (Å²) in [5.41, 5.74) is 0.403. The van der Waals surface area contributed by atoms with Crippen molar-refractivity contribution in [2.75, 3.05) is 0 Å². The van der Waals surface area contributed by atoms with Gasteiger partial charge in [-0.25, -0.2) is 0 Å². The van der Waals surface area contributed by atoms with Crippen LogP contribution in [0.5, 0.6) is 0 Å². The number of aryl methyl sites for hydroxylation is 1. The van der Waals surface area contributed by atoms with Crippen molar-refractivity contribution in [2.45, 2.75) is 6.92 Å². The quantitative estimate of drug-likeness (QED) is 0.459. The first-order valence-electron chi connectivity index (χ1n) is 3.16. The van der Waals surface area contributed by atoms with Crippen molar-refractivity contribution >= 4 is 5.69 Å². The van der Waals surface area contributed by atoms with E-state index in [0.29, 0.717) is 5.69 Å². The molecule has 1 aromatic heterocycles. The molecule has 0 fully saturated rings. The molecule has 0 amide bonds. The molecular weight excluding hydrogens is 158 g/mol. The molecular formula is C7H5N3O2. The Morgan fingerprint density at radius 2 is 2.42 bits per heavy atom. The molecule has 0 saturated carbocycles. The summed E-state index contributed by atoms with van der Waals surface area (Å²) in [7, 11) is 0. The van der Waals surface area contributed by atoms with Gasteiger partial charge in [-0.3, -0.25) is 15.1 Å². The minimum atomic E-state index is -0.552. The summed E-state index contributed by atoms with van der Waals surface area (Å²) in [6, 6.07) is 2.99. The second-order valence-corrected chi connectivity index (χ2v) is 2.20. The summed E-state index contributed by atoms with van der Waals surface area (Å²) in [4.78, 5) is 13.5. The molecule has 0 N–H and O–H groups in total. The number of aromatic nitrogens is 1. The smallest absolute Gasteiger partial charge is 0.258 e. The topological polar surface area (TPSA) is 79.8 Å². The molecule has 0 aliphatic rings. The van der Waals surface area contributed by atoms with E-state index in [-0.39, 0.29) is 11.3 Å². The first kappa shape index (κ1) is 8.14. The van der Waals surface area contributed by atoms with Gasteiger partial charge in [-0.2, -0.15) is 5.26 Å². The summed E-state index contributed by atoms with van der Waals surface area (Å²) in [5.74, 6) is 0. The summed E-state index contributed by atoms with van der Waals surface area (Å²) >= 11 is 0. The van der Waals surface area contributed by atoms with E-state index in [0.717, 1.165) is 0 Å². The minimum absolute atomic E-state index is 0.117. The van der Waals surface area contributed by atoms with Gasteiger partial charge < -0.3 is 0 Å². The Hall–Kier alpha value is -1.96. The third-order valence-electron chi connectivity index (χ3n) is 1.39. The van der Waals surface area contributed by atoms with Gasteiger partial charge in [0.15, 0.2) is 0 Å². The minimum Gasteiger partial charge on any atom is -0.258 e. The van der Waals surface area contributed by atoms with Gasteiger partial charge in [0.05, 0.1) is 10.5 Å². The molecule has 1 aromatic rings. The lowest BCUT2D eigenvalue weighted by Gasteiger charge is -1.94. The predicted molar refractivity (Wildman–Crippen MR) is 40.3 cm³/mol. The third kappa shape index (κ3) is 1.37. The second-order valence-electron chi connectivity index (χ2n) is 2.20. The van der Waals surface area contributed by atoms with Crippen molar-refractivity contribution in [3.05, 3.63) is 33.6 Å². The molecule has 60 valence electrons. The maximum Gasteiger partial charge on any atom is 0.291 e. The normalized spacial score (nSPS) is 9.00. The van der Waals surface area contributed by atoms with Crippen LogP contribution >= 0.6 is 0 Å². The lowest BCUT2D eigenvalue weighted by atomic mass is 10.2. The van der Waals surface area contributed by atoms with E-state index in [1.807, 2.05) is 0 Å². The van der Waals surface area contributed by atoms with E-state index in [2.05, 4.69) is 4.98 Å². The Kier molecular flexibility index (Phi) is 2.01. The molecule has 0 spiro atoms. The largest absolute Gasteiger partial charge is 0.291 e. The van der Waals surface area contributed by atoms with Crippen molar-refractivity contribution in [1.29, 1.82) is 5.26 Å². The fourth-order valence-electron chi connectivity index (χ4n) is 0.767. The van der Waals surface area contributed by atoms with E-state index in [1.165, 1.54) is 19.2 Å². The summed E-state index contributed by atoms with van der Waals surface area (Å²) < 4.78 is 0. The number of nitrogens with zero attached hydrogens (tertiary/aromatic N) is 3. The van der Waals surface area contributed by atoms with Crippen LogP contribution in [-0.4, -0.2) is 9.91 Å². The lowest BCUT2D eigenvalue weighted by Crippen LogP contribution is -1.94. The molecule has 0 atom stereocenters. The van der Waals surface area contributed by atoms with Crippen LogP contribution in [0.3, 0.4) is 0 Å². The standard InChI is InChI=1S/C7H5N3O2/c1-5-7(10(11)12)2-6(3-8)4-9-5/h2,4H,1H3. The van der Waals surface area contributed by atoms with Gasteiger partial charge in [-0.1, -0.05) is 0 Å². The molecule has 0 aliphatic heterocycles. The molecule has 0 bridgehead atoms. The highest BCUT2D eigenvalue weighted by atomic mass is 16.6. The molecule has 0 unspecified atom stereocenters. The Morgan fingerprint density at radius 1 is 1.75 bits per heavy atom. The van der Waals surface area contributed by atoms with E-state index in [1.54, 1.807) is 6.07 Å². The summed E-state index contributed by atoms with van der Waals surface area (Å²) in [6.45, 7) is 1.53. The van der Waals surface area contributed by atoms with Gasteiger partial charge in [-0.15, -0.1) is 0 Å². The number of nitriles is 1. The molecule has 0 aromatic carbocycles. The molecule has 0 saturated heterocycles. The molecule has 1 rings (SSSR count). The van der Waals surface area contributed by atoms with Crippen LogP contribution < -0.4 is 0 Å². The van der Waals surface area contributed by atoms with Crippen LogP contribution in [0, 0.1) is 28.4 Å². The average Bonchev–Trinajstić information content (AvgIpc) is 2.05. The Labute approximate surface area is 68.4 Å². The van der Waals surface area contributed by atoms with Crippen molar-refractivity contribution in [2.24, 2.45) is 0 Å². The number of pyridine rings is 1. The van der Waals surface area contributed by atoms with Crippen LogP contribution in [0.4, 0.5) is 5.69 Å². The molecule has 1 heterocycles. The highest BCUT2D eigenvalue weighted by Crippen LogP contribution is 2.15. The van der Waals surface area contributed by atoms with Gasteiger partial charge in [-0.05, 0) is 6.92 Å². The third-order valence-corrected chi connectivity index (χ3v) is 1.39. The van der Waals surface area contributed by atoms with Crippen molar-refractivity contribution < 1.29 is 4.92 Å². The predicted octanol–water partition coefficient (Wildman–Crippen LogP) is 1.17. The second kappa shape index (κ2) is 2.96. The summed E-state index contributed by atoms with van der Waals surface area (Å²) in [5, 5.41) is 18.8. The summed E-state index contributed by atoms with van der Waals surface area (Å²) in [6.07, 6.45) is 1.31. The van der Waals surface area contributed by atoms with Gasteiger partial charge in [0.25, 0.3) is 5.69 Å². The maximum absolute atomic E-state index is 10.3. The molecule has 5 nitrogen and oxygen atoms in total. The van der Waals surface area contributed by atoms with Crippen molar-refractivity contribution in [3.63, 3.8) is 0 Å². The van der Waals surface area contributed by atoms with Gasteiger partial charge in [0.1, 0.15) is 11.8 Å². The van der Waals surface area contributed by atoms with Crippen molar-refractivity contribution in [3.8, 4) is 6.07 Å². The highest BCUT2D eigenvalue weighted by molar-refractivity contribution is 5.41. The molecule has 0 aliphatic carbocycles. The highest BCUT2D eigenvalue weighted by Gasteiger charge is 2.11. The van der Waals surface area contributed by atoms with Crippen LogP contribution in [-0.2, 0) is 0 Å². The number of hydrogen-bond donors (Lipinski definition) is 0. The fourth-order valence-corrected chi connectivity index (χ4v) is 0.767.